The van der Waals surface area contributed by atoms with Crippen LogP contribution >= 0.6 is 11.3 Å². The van der Waals surface area contributed by atoms with Crippen molar-refractivity contribution in [3.8, 4) is 10.6 Å². The Balaban J connectivity index is 2.39. The van der Waals surface area contributed by atoms with Crippen molar-refractivity contribution >= 4 is 17.0 Å². The molecular weight excluding hydrogens is 220 g/mol. The van der Waals surface area contributed by atoms with Crippen LogP contribution in [0.2, 0.25) is 0 Å². The Kier molecular flexibility index (Phi) is 3.01. The fourth-order valence-corrected chi connectivity index (χ4v) is 2.26. The largest absolute Gasteiger partial charge is 0.411 e. The second-order valence-corrected chi connectivity index (χ2v) is 4.45. The Hall–Kier alpha value is -1.68. The predicted molar refractivity (Wildman–Crippen MR) is 66.3 cm³/mol. The molecule has 1 aromatic heterocycles. The van der Waals surface area contributed by atoms with E-state index < -0.39 is 0 Å². The van der Waals surface area contributed by atoms with Gasteiger partial charge in [-0.1, -0.05) is 28.9 Å². The van der Waals surface area contributed by atoms with E-state index in [4.69, 9.17) is 5.21 Å². The standard InChI is InChI=1S/C12H12N2OS/c1-8-4-3-5-10(6-8)12-13-11(7-16-12)9(2)14-15/h3-7,15H,1-2H3/b14-9-. The molecule has 1 heterocycles. The van der Waals surface area contributed by atoms with E-state index in [0.29, 0.717) is 5.71 Å². The number of hydrogen-bond acceptors (Lipinski definition) is 4. The molecule has 2 aromatic rings. The van der Waals surface area contributed by atoms with Gasteiger partial charge in [0.2, 0.25) is 0 Å². The van der Waals surface area contributed by atoms with E-state index in [9.17, 15) is 0 Å². The average molecular weight is 232 g/mol. The first-order valence-corrected chi connectivity index (χ1v) is 5.80. The van der Waals surface area contributed by atoms with Crippen LogP contribution < -0.4 is 0 Å². The van der Waals surface area contributed by atoms with E-state index in [1.807, 2.05) is 17.5 Å². The monoisotopic (exact) mass is 232 g/mol. The Bertz CT molecular complexity index is 531. The lowest BCUT2D eigenvalue weighted by atomic mass is 10.1. The summed E-state index contributed by atoms with van der Waals surface area (Å²) in [5.41, 5.74) is 3.57. The second kappa shape index (κ2) is 4.45. The van der Waals surface area contributed by atoms with E-state index in [2.05, 4.69) is 29.2 Å². The summed E-state index contributed by atoms with van der Waals surface area (Å²) in [5.74, 6) is 0. The summed E-state index contributed by atoms with van der Waals surface area (Å²) in [4.78, 5) is 4.42. The summed E-state index contributed by atoms with van der Waals surface area (Å²) >= 11 is 1.55. The molecule has 1 N–H and O–H groups in total. The van der Waals surface area contributed by atoms with E-state index in [-0.39, 0.29) is 0 Å². The average Bonchev–Trinajstić information content (AvgIpc) is 2.77. The molecule has 0 saturated heterocycles. The van der Waals surface area contributed by atoms with E-state index in [0.717, 1.165) is 16.3 Å². The molecule has 2 rings (SSSR count). The quantitative estimate of drug-likeness (QED) is 0.490. The van der Waals surface area contributed by atoms with Gasteiger partial charge in [0, 0.05) is 10.9 Å². The number of nitrogens with zero attached hydrogens (tertiary/aromatic N) is 2. The molecule has 0 fully saturated rings. The zero-order valence-corrected chi connectivity index (χ0v) is 9.95. The van der Waals surface area contributed by atoms with Gasteiger partial charge in [0.1, 0.15) is 10.7 Å². The van der Waals surface area contributed by atoms with Crippen LogP contribution in [-0.2, 0) is 0 Å². The topological polar surface area (TPSA) is 45.5 Å². The van der Waals surface area contributed by atoms with Crippen molar-refractivity contribution in [3.63, 3.8) is 0 Å². The van der Waals surface area contributed by atoms with Gasteiger partial charge in [0.25, 0.3) is 0 Å². The highest BCUT2D eigenvalue weighted by atomic mass is 32.1. The third-order valence-corrected chi connectivity index (χ3v) is 3.18. The molecule has 0 aliphatic carbocycles. The second-order valence-electron chi connectivity index (χ2n) is 3.59. The number of oxime groups is 1. The molecule has 0 unspecified atom stereocenters. The first-order chi connectivity index (χ1) is 7.70. The summed E-state index contributed by atoms with van der Waals surface area (Å²) in [5, 5.41) is 14.7. The molecule has 82 valence electrons. The molecule has 4 heteroatoms. The highest BCUT2D eigenvalue weighted by Crippen LogP contribution is 2.24. The maximum atomic E-state index is 8.66. The minimum absolute atomic E-state index is 0.537. The zero-order valence-electron chi connectivity index (χ0n) is 9.14. The number of aryl methyl sites for hydroxylation is 1. The Morgan fingerprint density at radius 3 is 2.94 bits per heavy atom. The molecular formula is C12H12N2OS. The fourth-order valence-electron chi connectivity index (χ4n) is 1.40. The minimum Gasteiger partial charge on any atom is -0.411 e. The third-order valence-electron chi connectivity index (χ3n) is 2.29. The van der Waals surface area contributed by atoms with E-state index in [1.54, 1.807) is 18.3 Å². The number of thiazole rings is 1. The lowest BCUT2D eigenvalue weighted by Crippen LogP contribution is -1.94. The first kappa shape index (κ1) is 10.8. The lowest BCUT2D eigenvalue weighted by molar-refractivity contribution is 0.319. The van der Waals surface area contributed by atoms with Crippen LogP contribution in [0.3, 0.4) is 0 Å². The molecule has 0 spiro atoms. The van der Waals surface area contributed by atoms with Crippen LogP contribution in [0.4, 0.5) is 0 Å². The molecule has 0 bridgehead atoms. The molecule has 0 amide bonds. The Labute approximate surface area is 98.1 Å². The number of benzene rings is 1. The van der Waals surface area contributed by atoms with Crippen molar-refractivity contribution in [2.75, 3.05) is 0 Å². The summed E-state index contributed by atoms with van der Waals surface area (Å²) < 4.78 is 0. The van der Waals surface area contributed by atoms with Crippen molar-refractivity contribution in [2.24, 2.45) is 5.16 Å². The predicted octanol–water partition coefficient (Wildman–Crippen LogP) is 3.32. The minimum atomic E-state index is 0.537. The van der Waals surface area contributed by atoms with Gasteiger partial charge in [0.05, 0.1) is 5.69 Å². The summed E-state index contributed by atoms with van der Waals surface area (Å²) in [6.45, 7) is 3.79. The van der Waals surface area contributed by atoms with Crippen LogP contribution in [0.1, 0.15) is 18.2 Å². The van der Waals surface area contributed by atoms with Gasteiger partial charge in [-0.15, -0.1) is 11.3 Å². The summed E-state index contributed by atoms with van der Waals surface area (Å²) in [6.07, 6.45) is 0. The van der Waals surface area contributed by atoms with Crippen molar-refractivity contribution < 1.29 is 5.21 Å². The van der Waals surface area contributed by atoms with Crippen LogP contribution in [-0.4, -0.2) is 15.9 Å². The molecule has 3 nitrogen and oxygen atoms in total. The van der Waals surface area contributed by atoms with Crippen LogP contribution in [0, 0.1) is 6.92 Å². The highest BCUT2D eigenvalue weighted by molar-refractivity contribution is 7.13. The molecule has 16 heavy (non-hydrogen) atoms. The third kappa shape index (κ3) is 2.12. The van der Waals surface area contributed by atoms with Crippen molar-refractivity contribution in [2.45, 2.75) is 13.8 Å². The van der Waals surface area contributed by atoms with Gasteiger partial charge in [-0.25, -0.2) is 4.98 Å². The van der Waals surface area contributed by atoms with E-state index >= 15 is 0 Å². The highest BCUT2D eigenvalue weighted by Gasteiger charge is 2.06. The van der Waals surface area contributed by atoms with Crippen LogP contribution in [0.25, 0.3) is 10.6 Å². The first-order valence-electron chi connectivity index (χ1n) is 4.92. The van der Waals surface area contributed by atoms with Gasteiger partial charge >= 0.3 is 0 Å². The number of aromatic nitrogens is 1. The molecule has 0 radical (unpaired) electrons. The molecule has 0 aliphatic rings. The van der Waals surface area contributed by atoms with Gasteiger partial charge in [-0.3, -0.25) is 0 Å². The molecule has 0 aliphatic heterocycles. The summed E-state index contributed by atoms with van der Waals surface area (Å²) in [7, 11) is 0. The van der Waals surface area contributed by atoms with Crippen LogP contribution in [0.15, 0.2) is 34.8 Å². The summed E-state index contributed by atoms with van der Waals surface area (Å²) in [6, 6.07) is 8.19. The van der Waals surface area contributed by atoms with Crippen molar-refractivity contribution in [1.82, 2.24) is 4.98 Å². The van der Waals surface area contributed by atoms with Gasteiger partial charge in [-0.05, 0) is 19.9 Å². The molecule has 0 atom stereocenters. The van der Waals surface area contributed by atoms with Crippen molar-refractivity contribution in [1.29, 1.82) is 0 Å². The smallest absolute Gasteiger partial charge is 0.124 e. The lowest BCUT2D eigenvalue weighted by Gasteiger charge is -1.97. The fraction of sp³-hybridized carbons (Fsp3) is 0.167. The Morgan fingerprint density at radius 2 is 2.25 bits per heavy atom. The maximum Gasteiger partial charge on any atom is 0.124 e. The maximum absolute atomic E-state index is 8.66. The number of rotatable bonds is 2. The van der Waals surface area contributed by atoms with Crippen LogP contribution in [0.5, 0.6) is 0 Å². The normalized spacial score (nSPS) is 11.8. The van der Waals surface area contributed by atoms with Gasteiger partial charge < -0.3 is 5.21 Å². The van der Waals surface area contributed by atoms with Gasteiger partial charge in [-0.2, -0.15) is 0 Å². The number of hydrogen-bond donors (Lipinski definition) is 1. The molecule has 1 aromatic carbocycles. The van der Waals surface area contributed by atoms with Gasteiger partial charge in [0.15, 0.2) is 0 Å². The van der Waals surface area contributed by atoms with Crippen molar-refractivity contribution in [3.05, 3.63) is 40.9 Å². The zero-order chi connectivity index (χ0) is 11.5. The SMILES string of the molecule is C/C(=N/O)c1csc(-c2cccc(C)c2)n1. The Morgan fingerprint density at radius 1 is 1.44 bits per heavy atom. The van der Waals surface area contributed by atoms with E-state index in [1.165, 1.54) is 5.56 Å². The molecule has 0 saturated carbocycles.